The number of likely N-dealkylation sites (N-methyl/N-ethyl adjacent to an activating group) is 1. The van der Waals surface area contributed by atoms with E-state index in [1.54, 1.807) is 14.0 Å². The van der Waals surface area contributed by atoms with Crippen LogP contribution in [-0.2, 0) is 4.74 Å². The molecule has 0 rings (SSSR count). The normalized spacial score (nSPS) is 14.2. The summed E-state index contributed by atoms with van der Waals surface area (Å²) in [7, 11) is 1.65. The van der Waals surface area contributed by atoms with Crippen molar-refractivity contribution in [3.05, 3.63) is 12.2 Å². The van der Waals surface area contributed by atoms with E-state index in [0.29, 0.717) is 0 Å². The van der Waals surface area contributed by atoms with Crippen molar-refractivity contribution in [2.75, 3.05) is 20.3 Å². The predicted octanol–water partition coefficient (Wildman–Crippen LogP) is 1.73. The number of ether oxygens (including phenoxy) is 1. The first kappa shape index (κ1) is 12.4. The molecule has 0 radical (unpaired) electrons. The lowest BCUT2D eigenvalue weighted by Crippen LogP contribution is -2.32. The van der Waals surface area contributed by atoms with Crippen LogP contribution in [0.5, 0.6) is 0 Å². The van der Waals surface area contributed by atoms with E-state index in [4.69, 9.17) is 0 Å². The van der Waals surface area contributed by atoms with Crippen LogP contribution in [-0.4, -0.2) is 32.5 Å². The molecule has 0 spiro atoms. The van der Waals surface area contributed by atoms with Gasteiger partial charge in [0.25, 0.3) is 0 Å². The van der Waals surface area contributed by atoms with E-state index in [9.17, 15) is 13.2 Å². The maximum Gasteiger partial charge on any atom is 0.411 e. The Balaban J connectivity index is 3.68. The molecule has 0 aromatic carbocycles. The Bertz CT molecular complexity index is 167. The molecular weight excluding hydrogens is 183 g/mol. The summed E-state index contributed by atoms with van der Waals surface area (Å²) < 4.78 is 39.4. The summed E-state index contributed by atoms with van der Waals surface area (Å²) in [6, 6.07) is -0.220. The van der Waals surface area contributed by atoms with Crippen molar-refractivity contribution in [3.63, 3.8) is 0 Å². The maximum atomic E-state index is 11.6. The van der Waals surface area contributed by atoms with Gasteiger partial charge >= 0.3 is 6.18 Å². The van der Waals surface area contributed by atoms with Gasteiger partial charge < -0.3 is 10.1 Å². The van der Waals surface area contributed by atoms with Gasteiger partial charge in [-0.05, 0) is 14.0 Å². The zero-order valence-corrected chi connectivity index (χ0v) is 7.74. The second-order valence-electron chi connectivity index (χ2n) is 2.82. The second-order valence-corrected chi connectivity index (χ2v) is 2.82. The Kier molecular flexibility index (Phi) is 5.02. The fourth-order valence-electron chi connectivity index (χ4n) is 0.764. The SMILES string of the molecule is C=C(C)C(COCC(F)(F)F)NC. The van der Waals surface area contributed by atoms with E-state index in [-0.39, 0.29) is 12.6 Å². The second kappa shape index (κ2) is 5.24. The molecular formula is C8H14F3NO. The van der Waals surface area contributed by atoms with Gasteiger partial charge in [-0.2, -0.15) is 13.2 Å². The van der Waals surface area contributed by atoms with Crippen LogP contribution in [0, 0.1) is 0 Å². The van der Waals surface area contributed by atoms with Crippen molar-refractivity contribution in [3.8, 4) is 0 Å². The standard InChI is InChI=1S/C8H14F3NO/c1-6(2)7(12-3)4-13-5-8(9,10)11/h7,12H,1,4-5H2,2-3H3. The minimum Gasteiger partial charge on any atom is -0.370 e. The van der Waals surface area contributed by atoms with Crippen molar-refractivity contribution < 1.29 is 17.9 Å². The average Bonchev–Trinajstić information content (AvgIpc) is 1.95. The number of halogens is 3. The van der Waals surface area contributed by atoms with Gasteiger partial charge in [-0.3, -0.25) is 0 Å². The first-order valence-electron chi connectivity index (χ1n) is 3.84. The molecule has 2 nitrogen and oxygen atoms in total. The molecule has 0 saturated carbocycles. The lowest BCUT2D eigenvalue weighted by Gasteiger charge is -2.16. The Labute approximate surface area is 75.8 Å². The van der Waals surface area contributed by atoms with Gasteiger partial charge in [0.05, 0.1) is 12.6 Å². The van der Waals surface area contributed by atoms with Crippen LogP contribution < -0.4 is 5.32 Å². The highest BCUT2D eigenvalue weighted by Gasteiger charge is 2.27. The smallest absolute Gasteiger partial charge is 0.370 e. The van der Waals surface area contributed by atoms with E-state index >= 15 is 0 Å². The first-order chi connectivity index (χ1) is 5.87. The molecule has 0 aromatic heterocycles. The van der Waals surface area contributed by atoms with Crippen molar-refractivity contribution in [1.29, 1.82) is 0 Å². The van der Waals surface area contributed by atoms with Crippen LogP contribution in [0.2, 0.25) is 0 Å². The molecule has 1 N–H and O–H groups in total. The Morgan fingerprint density at radius 2 is 2.08 bits per heavy atom. The fourth-order valence-corrected chi connectivity index (χ4v) is 0.764. The molecule has 0 aromatic rings. The number of alkyl halides is 3. The Hall–Kier alpha value is -0.550. The van der Waals surface area contributed by atoms with Crippen LogP contribution in [0.4, 0.5) is 13.2 Å². The Morgan fingerprint density at radius 3 is 2.38 bits per heavy atom. The zero-order valence-electron chi connectivity index (χ0n) is 7.74. The highest BCUT2D eigenvalue weighted by atomic mass is 19.4. The van der Waals surface area contributed by atoms with Crippen molar-refractivity contribution in [1.82, 2.24) is 5.32 Å². The summed E-state index contributed by atoms with van der Waals surface area (Å²) in [6.07, 6.45) is -4.26. The molecule has 78 valence electrons. The highest BCUT2D eigenvalue weighted by Crippen LogP contribution is 2.14. The van der Waals surface area contributed by atoms with E-state index < -0.39 is 12.8 Å². The molecule has 0 saturated heterocycles. The minimum absolute atomic E-state index is 0.00859. The zero-order chi connectivity index (χ0) is 10.5. The third kappa shape index (κ3) is 6.60. The average molecular weight is 197 g/mol. The summed E-state index contributed by atoms with van der Waals surface area (Å²) >= 11 is 0. The van der Waals surface area contributed by atoms with Gasteiger partial charge in [0, 0.05) is 0 Å². The number of rotatable bonds is 5. The number of hydrogen-bond acceptors (Lipinski definition) is 2. The lowest BCUT2D eigenvalue weighted by atomic mass is 10.2. The molecule has 0 bridgehead atoms. The summed E-state index contributed by atoms with van der Waals surface area (Å²) in [5.41, 5.74) is 0.754. The molecule has 13 heavy (non-hydrogen) atoms. The predicted molar refractivity (Wildman–Crippen MR) is 44.5 cm³/mol. The minimum atomic E-state index is -4.26. The van der Waals surface area contributed by atoms with Crippen LogP contribution in [0.1, 0.15) is 6.92 Å². The summed E-state index contributed by atoms with van der Waals surface area (Å²) in [5.74, 6) is 0. The summed E-state index contributed by atoms with van der Waals surface area (Å²) in [6.45, 7) is 4.13. The number of hydrogen-bond donors (Lipinski definition) is 1. The van der Waals surface area contributed by atoms with Gasteiger partial charge in [0.1, 0.15) is 6.61 Å². The van der Waals surface area contributed by atoms with Crippen molar-refractivity contribution >= 4 is 0 Å². The quantitative estimate of drug-likeness (QED) is 0.678. The van der Waals surface area contributed by atoms with Crippen LogP contribution in [0.25, 0.3) is 0 Å². The van der Waals surface area contributed by atoms with Crippen LogP contribution in [0.3, 0.4) is 0 Å². The molecule has 0 aliphatic heterocycles. The largest absolute Gasteiger partial charge is 0.411 e. The molecule has 0 amide bonds. The first-order valence-corrected chi connectivity index (χ1v) is 3.84. The molecule has 1 unspecified atom stereocenters. The van der Waals surface area contributed by atoms with Crippen LogP contribution in [0.15, 0.2) is 12.2 Å². The lowest BCUT2D eigenvalue weighted by molar-refractivity contribution is -0.174. The maximum absolute atomic E-state index is 11.6. The van der Waals surface area contributed by atoms with E-state index in [1.165, 1.54) is 0 Å². The van der Waals surface area contributed by atoms with Crippen molar-refractivity contribution in [2.24, 2.45) is 0 Å². The van der Waals surface area contributed by atoms with Crippen molar-refractivity contribution in [2.45, 2.75) is 19.1 Å². The molecule has 0 aliphatic rings. The Morgan fingerprint density at radius 1 is 1.54 bits per heavy atom. The van der Waals surface area contributed by atoms with Gasteiger partial charge in [-0.25, -0.2) is 0 Å². The van der Waals surface area contributed by atoms with E-state index in [1.807, 2.05) is 0 Å². The van der Waals surface area contributed by atoms with Gasteiger partial charge in [-0.15, -0.1) is 0 Å². The molecule has 1 atom stereocenters. The van der Waals surface area contributed by atoms with Crippen LogP contribution >= 0.6 is 0 Å². The summed E-state index contributed by atoms with van der Waals surface area (Å²) in [4.78, 5) is 0. The monoisotopic (exact) mass is 197 g/mol. The highest BCUT2D eigenvalue weighted by molar-refractivity contribution is 5.00. The fraction of sp³-hybridized carbons (Fsp3) is 0.750. The van der Waals surface area contributed by atoms with Gasteiger partial charge in [-0.1, -0.05) is 12.2 Å². The molecule has 0 heterocycles. The van der Waals surface area contributed by atoms with E-state index in [0.717, 1.165) is 5.57 Å². The summed E-state index contributed by atoms with van der Waals surface area (Å²) in [5, 5.41) is 2.80. The number of nitrogens with one attached hydrogen (secondary N) is 1. The van der Waals surface area contributed by atoms with E-state index in [2.05, 4.69) is 16.6 Å². The molecule has 0 fully saturated rings. The van der Waals surface area contributed by atoms with Gasteiger partial charge in [0.2, 0.25) is 0 Å². The molecule has 5 heteroatoms. The third-order valence-electron chi connectivity index (χ3n) is 1.49. The van der Waals surface area contributed by atoms with Gasteiger partial charge in [0.15, 0.2) is 0 Å². The third-order valence-corrected chi connectivity index (χ3v) is 1.49. The molecule has 0 aliphatic carbocycles. The topological polar surface area (TPSA) is 21.3 Å².